The van der Waals surface area contributed by atoms with Crippen LogP contribution < -0.4 is 11.3 Å². The zero-order chi connectivity index (χ0) is 14.8. The molecule has 1 atom stereocenters. The standard InChI is InChI=1S/C17H18BrFN2/c18-15-10-14(6-7-16(15)19)17(21-20)9-11-4-5-12-2-1-3-13(12)8-11/h4-8,10,17,21H,1-3,9,20H2. The third kappa shape index (κ3) is 3.18. The second-order valence-corrected chi connectivity index (χ2v) is 6.41. The summed E-state index contributed by atoms with van der Waals surface area (Å²) in [6.07, 6.45) is 4.41. The normalized spacial score (nSPS) is 15.0. The van der Waals surface area contributed by atoms with Gasteiger partial charge in [0.25, 0.3) is 0 Å². The fourth-order valence-corrected chi connectivity index (χ4v) is 3.39. The molecule has 4 heteroatoms. The van der Waals surface area contributed by atoms with Crippen LogP contribution in [0.3, 0.4) is 0 Å². The molecular formula is C17H18BrFN2. The van der Waals surface area contributed by atoms with Gasteiger partial charge in [-0.2, -0.15) is 0 Å². The summed E-state index contributed by atoms with van der Waals surface area (Å²) in [5.41, 5.74) is 8.01. The van der Waals surface area contributed by atoms with Gasteiger partial charge >= 0.3 is 0 Å². The van der Waals surface area contributed by atoms with Gasteiger partial charge < -0.3 is 0 Å². The average molecular weight is 349 g/mol. The predicted octanol–water partition coefficient (Wildman–Crippen LogP) is 3.82. The lowest BCUT2D eigenvalue weighted by Crippen LogP contribution is -2.29. The van der Waals surface area contributed by atoms with E-state index in [2.05, 4.69) is 39.6 Å². The Balaban J connectivity index is 1.82. The van der Waals surface area contributed by atoms with Gasteiger partial charge in [0.2, 0.25) is 0 Å². The highest BCUT2D eigenvalue weighted by atomic mass is 79.9. The Kier molecular flexibility index (Phi) is 4.38. The van der Waals surface area contributed by atoms with E-state index in [1.165, 1.54) is 42.0 Å². The molecule has 2 nitrogen and oxygen atoms in total. The maximum absolute atomic E-state index is 13.3. The lowest BCUT2D eigenvalue weighted by molar-refractivity contribution is 0.548. The molecule has 110 valence electrons. The first kappa shape index (κ1) is 14.7. The predicted molar refractivity (Wildman–Crippen MR) is 86.3 cm³/mol. The van der Waals surface area contributed by atoms with Crippen LogP contribution in [-0.2, 0) is 19.3 Å². The van der Waals surface area contributed by atoms with Crippen molar-refractivity contribution >= 4 is 15.9 Å². The molecule has 0 saturated carbocycles. The summed E-state index contributed by atoms with van der Waals surface area (Å²) in [6.45, 7) is 0. The molecule has 0 spiro atoms. The van der Waals surface area contributed by atoms with Gasteiger partial charge in [0.05, 0.1) is 10.5 Å². The molecule has 0 amide bonds. The molecule has 0 fully saturated rings. The van der Waals surface area contributed by atoms with E-state index in [9.17, 15) is 4.39 Å². The van der Waals surface area contributed by atoms with Gasteiger partial charge in [-0.15, -0.1) is 0 Å². The second-order valence-electron chi connectivity index (χ2n) is 5.55. The van der Waals surface area contributed by atoms with E-state index < -0.39 is 0 Å². The Morgan fingerprint density at radius 2 is 1.95 bits per heavy atom. The van der Waals surface area contributed by atoms with Crippen LogP contribution in [0.2, 0.25) is 0 Å². The van der Waals surface area contributed by atoms with E-state index in [1.807, 2.05) is 0 Å². The van der Waals surface area contributed by atoms with Crippen LogP contribution in [0.4, 0.5) is 4.39 Å². The minimum absolute atomic E-state index is 0.0265. The average Bonchev–Trinajstić information content (AvgIpc) is 2.95. The summed E-state index contributed by atoms with van der Waals surface area (Å²) in [7, 11) is 0. The Hall–Kier alpha value is -1.23. The van der Waals surface area contributed by atoms with E-state index in [0.717, 1.165) is 12.0 Å². The summed E-state index contributed by atoms with van der Waals surface area (Å²) < 4.78 is 13.8. The maximum Gasteiger partial charge on any atom is 0.137 e. The van der Waals surface area contributed by atoms with Gasteiger partial charge in [-0.3, -0.25) is 11.3 Å². The Morgan fingerprint density at radius 1 is 1.14 bits per heavy atom. The summed E-state index contributed by atoms with van der Waals surface area (Å²) in [5.74, 6) is 5.44. The van der Waals surface area contributed by atoms with Crippen molar-refractivity contribution in [3.63, 3.8) is 0 Å². The maximum atomic E-state index is 13.3. The fraction of sp³-hybridized carbons (Fsp3) is 0.294. The summed E-state index contributed by atoms with van der Waals surface area (Å²) in [4.78, 5) is 0. The molecular weight excluding hydrogens is 331 g/mol. The fourth-order valence-electron chi connectivity index (χ4n) is 2.99. The highest BCUT2D eigenvalue weighted by Crippen LogP contribution is 2.27. The van der Waals surface area contributed by atoms with E-state index in [4.69, 9.17) is 5.84 Å². The van der Waals surface area contributed by atoms with Crippen molar-refractivity contribution in [2.24, 2.45) is 5.84 Å². The van der Waals surface area contributed by atoms with Crippen molar-refractivity contribution in [3.8, 4) is 0 Å². The van der Waals surface area contributed by atoms with Gasteiger partial charge in [0.15, 0.2) is 0 Å². The molecule has 2 aromatic rings. The topological polar surface area (TPSA) is 38.0 Å². The Labute approximate surface area is 132 Å². The Morgan fingerprint density at radius 3 is 2.71 bits per heavy atom. The molecule has 0 bridgehead atoms. The number of rotatable bonds is 4. The zero-order valence-electron chi connectivity index (χ0n) is 11.7. The quantitative estimate of drug-likeness (QED) is 0.651. The van der Waals surface area contributed by atoms with Crippen molar-refractivity contribution in [3.05, 3.63) is 68.9 Å². The number of hydrogen-bond acceptors (Lipinski definition) is 2. The molecule has 21 heavy (non-hydrogen) atoms. The minimum Gasteiger partial charge on any atom is -0.271 e. The number of hydrazine groups is 1. The highest BCUT2D eigenvalue weighted by Gasteiger charge is 2.15. The SMILES string of the molecule is NNC(Cc1ccc2c(c1)CCC2)c1ccc(F)c(Br)c1. The van der Waals surface area contributed by atoms with E-state index in [-0.39, 0.29) is 11.9 Å². The van der Waals surface area contributed by atoms with Crippen LogP contribution in [0.15, 0.2) is 40.9 Å². The van der Waals surface area contributed by atoms with Crippen LogP contribution in [0, 0.1) is 5.82 Å². The van der Waals surface area contributed by atoms with Crippen molar-refractivity contribution in [2.75, 3.05) is 0 Å². The number of hydrogen-bond donors (Lipinski definition) is 2. The lowest BCUT2D eigenvalue weighted by Gasteiger charge is -2.17. The largest absolute Gasteiger partial charge is 0.271 e. The molecule has 0 heterocycles. The van der Waals surface area contributed by atoms with E-state index in [1.54, 1.807) is 12.1 Å². The number of aryl methyl sites for hydroxylation is 2. The third-order valence-corrected chi connectivity index (χ3v) is 4.76. The third-order valence-electron chi connectivity index (χ3n) is 4.15. The summed E-state index contributed by atoms with van der Waals surface area (Å²) in [5, 5.41) is 0. The molecule has 0 aromatic heterocycles. The molecule has 1 unspecified atom stereocenters. The number of halogens is 2. The molecule has 1 aliphatic rings. The van der Waals surface area contributed by atoms with Crippen molar-refractivity contribution in [1.29, 1.82) is 0 Å². The molecule has 3 N–H and O–H groups in total. The zero-order valence-corrected chi connectivity index (χ0v) is 13.3. The van der Waals surface area contributed by atoms with Gasteiger partial charge in [0.1, 0.15) is 5.82 Å². The lowest BCUT2D eigenvalue weighted by atomic mass is 9.97. The van der Waals surface area contributed by atoms with E-state index in [0.29, 0.717) is 4.47 Å². The minimum atomic E-state index is -0.257. The number of benzene rings is 2. The van der Waals surface area contributed by atoms with Gasteiger partial charge in [-0.25, -0.2) is 4.39 Å². The first-order chi connectivity index (χ1) is 10.2. The van der Waals surface area contributed by atoms with Crippen LogP contribution in [-0.4, -0.2) is 0 Å². The number of nitrogens with two attached hydrogens (primary N) is 1. The van der Waals surface area contributed by atoms with Crippen molar-refractivity contribution < 1.29 is 4.39 Å². The Bertz CT molecular complexity index is 657. The van der Waals surface area contributed by atoms with Crippen LogP contribution in [0.25, 0.3) is 0 Å². The van der Waals surface area contributed by atoms with Gasteiger partial charge in [-0.1, -0.05) is 24.3 Å². The molecule has 3 rings (SSSR count). The number of nitrogens with one attached hydrogen (secondary N) is 1. The first-order valence-corrected chi connectivity index (χ1v) is 7.98. The van der Waals surface area contributed by atoms with Gasteiger partial charge in [-0.05, 0) is 76.0 Å². The molecule has 0 saturated heterocycles. The first-order valence-electron chi connectivity index (χ1n) is 7.19. The molecule has 1 aliphatic carbocycles. The van der Waals surface area contributed by atoms with Crippen molar-refractivity contribution in [2.45, 2.75) is 31.7 Å². The molecule has 0 radical (unpaired) electrons. The van der Waals surface area contributed by atoms with Gasteiger partial charge in [0, 0.05) is 0 Å². The number of fused-ring (bicyclic) bond motifs is 1. The summed E-state index contributed by atoms with van der Waals surface area (Å²) in [6, 6.07) is 11.7. The van der Waals surface area contributed by atoms with Crippen LogP contribution in [0.5, 0.6) is 0 Å². The van der Waals surface area contributed by atoms with Crippen LogP contribution >= 0.6 is 15.9 Å². The summed E-state index contributed by atoms with van der Waals surface area (Å²) >= 11 is 3.23. The molecule has 0 aliphatic heterocycles. The monoisotopic (exact) mass is 348 g/mol. The van der Waals surface area contributed by atoms with E-state index >= 15 is 0 Å². The van der Waals surface area contributed by atoms with Crippen molar-refractivity contribution in [1.82, 2.24) is 5.43 Å². The smallest absolute Gasteiger partial charge is 0.137 e. The van der Waals surface area contributed by atoms with Crippen LogP contribution in [0.1, 0.15) is 34.7 Å². The highest BCUT2D eigenvalue weighted by molar-refractivity contribution is 9.10. The molecule has 2 aromatic carbocycles. The second kappa shape index (κ2) is 6.26.